The first-order valence-electron chi connectivity index (χ1n) is 8.06. The van der Waals surface area contributed by atoms with Gasteiger partial charge in [-0.05, 0) is 17.7 Å². The summed E-state index contributed by atoms with van der Waals surface area (Å²) in [6.45, 7) is 2.29. The van der Waals surface area contributed by atoms with Crippen LogP contribution in [0.15, 0.2) is 46.1 Å². The number of carbonyl (C=O) groups excluding carboxylic acids is 1. The van der Waals surface area contributed by atoms with E-state index in [1.54, 1.807) is 22.8 Å². The van der Waals surface area contributed by atoms with Crippen LogP contribution in [-0.2, 0) is 18.4 Å². The Hall–Kier alpha value is -2.35. The molecule has 1 aromatic heterocycles. The van der Waals surface area contributed by atoms with E-state index in [4.69, 9.17) is 0 Å². The van der Waals surface area contributed by atoms with Gasteiger partial charge in [-0.15, -0.1) is 0 Å². The third kappa shape index (κ3) is 4.19. The Morgan fingerprint density at radius 2 is 2.24 bits per heavy atom. The molecule has 8 heteroatoms. The second kappa shape index (κ2) is 7.69. The van der Waals surface area contributed by atoms with Crippen molar-refractivity contribution in [1.29, 1.82) is 0 Å². The fraction of sp³-hybridized carbons (Fsp3) is 0.353. The number of nitrogens with zero attached hydrogens (tertiary/aromatic N) is 5. The number of carbonyl (C=O) groups is 1. The van der Waals surface area contributed by atoms with E-state index in [-0.39, 0.29) is 5.91 Å². The molecule has 7 nitrogen and oxygen atoms in total. The molecule has 0 radical (unpaired) electrons. The van der Waals surface area contributed by atoms with Gasteiger partial charge < -0.3 is 15.1 Å². The van der Waals surface area contributed by atoms with Crippen LogP contribution in [0.2, 0.25) is 0 Å². The van der Waals surface area contributed by atoms with E-state index in [1.807, 2.05) is 30.3 Å². The van der Waals surface area contributed by atoms with Gasteiger partial charge in [0.15, 0.2) is 5.96 Å². The molecule has 1 saturated heterocycles. The van der Waals surface area contributed by atoms with Crippen LogP contribution < -0.4 is 10.2 Å². The number of aryl methyl sites for hydroxylation is 1. The summed E-state index contributed by atoms with van der Waals surface area (Å²) >= 11 is 3.48. The fourth-order valence-corrected chi connectivity index (χ4v) is 3.28. The summed E-state index contributed by atoms with van der Waals surface area (Å²) in [6, 6.07) is 8.11. The summed E-state index contributed by atoms with van der Waals surface area (Å²) in [5.41, 5.74) is 1.99. The fourth-order valence-electron chi connectivity index (χ4n) is 2.83. The Morgan fingerprint density at radius 1 is 1.40 bits per heavy atom. The zero-order chi connectivity index (χ0) is 17.8. The summed E-state index contributed by atoms with van der Waals surface area (Å²) in [5.74, 6) is 0.781. The molecule has 0 bridgehead atoms. The molecule has 0 aliphatic carbocycles. The summed E-state index contributed by atoms with van der Waals surface area (Å²) in [6.07, 6.45) is 3.57. The zero-order valence-corrected chi connectivity index (χ0v) is 15.9. The van der Waals surface area contributed by atoms with Gasteiger partial charge in [0.05, 0.1) is 11.9 Å². The van der Waals surface area contributed by atoms with Crippen LogP contribution in [0.5, 0.6) is 0 Å². The van der Waals surface area contributed by atoms with Crippen molar-refractivity contribution in [2.75, 3.05) is 31.6 Å². The average molecular weight is 405 g/mol. The molecule has 132 valence electrons. The van der Waals surface area contributed by atoms with Crippen molar-refractivity contribution in [2.45, 2.75) is 6.54 Å². The van der Waals surface area contributed by atoms with E-state index in [0.717, 1.165) is 28.2 Å². The van der Waals surface area contributed by atoms with Crippen LogP contribution in [0.3, 0.4) is 0 Å². The molecule has 1 aliphatic heterocycles. The van der Waals surface area contributed by atoms with Gasteiger partial charge in [-0.25, -0.2) is 0 Å². The first-order valence-corrected chi connectivity index (χ1v) is 8.85. The summed E-state index contributed by atoms with van der Waals surface area (Å²) in [7, 11) is 3.58. The smallest absolute Gasteiger partial charge is 0.246 e. The minimum Gasteiger partial charge on any atom is -0.352 e. The van der Waals surface area contributed by atoms with E-state index in [2.05, 4.69) is 43.5 Å². The van der Waals surface area contributed by atoms with E-state index in [1.165, 1.54) is 0 Å². The van der Waals surface area contributed by atoms with Gasteiger partial charge in [0.2, 0.25) is 5.91 Å². The lowest BCUT2D eigenvalue weighted by Gasteiger charge is -2.35. The maximum Gasteiger partial charge on any atom is 0.246 e. The summed E-state index contributed by atoms with van der Waals surface area (Å²) < 4.78 is 2.75. The third-order valence-corrected chi connectivity index (χ3v) is 4.57. The molecule has 0 unspecified atom stereocenters. The average Bonchev–Trinajstić information content (AvgIpc) is 3.02. The number of guanidine groups is 1. The van der Waals surface area contributed by atoms with Crippen molar-refractivity contribution in [1.82, 2.24) is 20.0 Å². The highest BCUT2D eigenvalue weighted by molar-refractivity contribution is 9.10. The standard InChI is InChI=1S/C17H21BrN6O/c1-19-17(20-9-13-4-3-5-14(18)8-13)23-6-7-24(16(25)12-23)15-10-21-22(2)11-15/h3-5,8,10-11H,6-7,9,12H2,1-2H3,(H,19,20). The molecule has 1 fully saturated rings. The first-order chi connectivity index (χ1) is 12.1. The monoisotopic (exact) mass is 404 g/mol. The quantitative estimate of drug-likeness (QED) is 0.623. The van der Waals surface area contributed by atoms with Gasteiger partial charge in [0.1, 0.15) is 6.54 Å². The zero-order valence-electron chi connectivity index (χ0n) is 14.3. The number of halogens is 1. The van der Waals surface area contributed by atoms with Crippen LogP contribution in [0, 0.1) is 0 Å². The van der Waals surface area contributed by atoms with Crippen molar-refractivity contribution in [3.8, 4) is 0 Å². The Kier molecular flexibility index (Phi) is 5.37. The van der Waals surface area contributed by atoms with Crippen LogP contribution in [-0.4, -0.2) is 53.2 Å². The lowest BCUT2D eigenvalue weighted by molar-refractivity contribution is -0.120. The number of aliphatic imine (C=N–C) groups is 1. The van der Waals surface area contributed by atoms with E-state index in [9.17, 15) is 4.79 Å². The predicted molar refractivity (Wildman–Crippen MR) is 101 cm³/mol. The first kappa shape index (κ1) is 17.5. The number of rotatable bonds is 3. The van der Waals surface area contributed by atoms with E-state index < -0.39 is 0 Å². The highest BCUT2D eigenvalue weighted by Gasteiger charge is 2.27. The van der Waals surface area contributed by atoms with Gasteiger partial charge in [0, 0.05) is 44.4 Å². The van der Waals surface area contributed by atoms with Gasteiger partial charge >= 0.3 is 0 Å². The summed E-state index contributed by atoms with van der Waals surface area (Å²) in [4.78, 5) is 20.6. The molecule has 1 N–H and O–H groups in total. The van der Waals surface area contributed by atoms with Crippen LogP contribution >= 0.6 is 15.9 Å². The molecule has 1 amide bonds. The Bertz CT molecular complexity index is 787. The van der Waals surface area contributed by atoms with E-state index >= 15 is 0 Å². The van der Waals surface area contributed by atoms with Crippen LogP contribution in [0.4, 0.5) is 5.69 Å². The van der Waals surface area contributed by atoms with Crippen molar-refractivity contribution < 1.29 is 4.79 Å². The normalized spacial score (nSPS) is 15.6. The second-order valence-electron chi connectivity index (χ2n) is 5.87. The van der Waals surface area contributed by atoms with Crippen molar-refractivity contribution in [3.05, 3.63) is 46.7 Å². The van der Waals surface area contributed by atoms with Crippen LogP contribution in [0.25, 0.3) is 0 Å². The molecule has 1 aromatic carbocycles. The Balaban J connectivity index is 1.60. The maximum absolute atomic E-state index is 12.5. The molecular weight excluding hydrogens is 384 g/mol. The number of nitrogens with one attached hydrogen (secondary N) is 1. The van der Waals surface area contributed by atoms with E-state index in [0.29, 0.717) is 19.6 Å². The molecule has 2 aromatic rings. The molecule has 2 heterocycles. The van der Waals surface area contributed by atoms with Gasteiger partial charge in [-0.3, -0.25) is 14.5 Å². The molecule has 3 rings (SSSR count). The molecule has 25 heavy (non-hydrogen) atoms. The lowest BCUT2D eigenvalue weighted by atomic mass is 10.2. The maximum atomic E-state index is 12.5. The number of anilines is 1. The number of benzene rings is 1. The van der Waals surface area contributed by atoms with Crippen molar-refractivity contribution >= 4 is 33.5 Å². The number of aromatic nitrogens is 2. The highest BCUT2D eigenvalue weighted by Crippen LogP contribution is 2.16. The molecule has 0 spiro atoms. The molecular formula is C17H21BrN6O. The second-order valence-corrected chi connectivity index (χ2v) is 6.79. The van der Waals surface area contributed by atoms with Gasteiger partial charge in [0.25, 0.3) is 0 Å². The topological polar surface area (TPSA) is 65.8 Å². The summed E-state index contributed by atoms with van der Waals surface area (Å²) in [5, 5.41) is 7.47. The minimum atomic E-state index is 0.0460. The number of amides is 1. The Labute approximate surface area is 155 Å². The third-order valence-electron chi connectivity index (χ3n) is 4.07. The molecule has 0 saturated carbocycles. The number of hydrogen-bond donors (Lipinski definition) is 1. The largest absolute Gasteiger partial charge is 0.352 e. The van der Waals surface area contributed by atoms with Gasteiger partial charge in [-0.2, -0.15) is 5.10 Å². The van der Waals surface area contributed by atoms with Crippen LogP contribution in [0.1, 0.15) is 5.56 Å². The molecule has 0 atom stereocenters. The minimum absolute atomic E-state index is 0.0460. The predicted octanol–water partition coefficient (Wildman–Crippen LogP) is 1.61. The van der Waals surface area contributed by atoms with Crippen molar-refractivity contribution in [3.63, 3.8) is 0 Å². The SMILES string of the molecule is CN=C(NCc1cccc(Br)c1)N1CCN(c2cnn(C)c2)C(=O)C1. The van der Waals surface area contributed by atoms with Crippen molar-refractivity contribution in [2.24, 2.45) is 12.0 Å². The number of hydrogen-bond acceptors (Lipinski definition) is 3. The van der Waals surface area contributed by atoms with Gasteiger partial charge in [-0.1, -0.05) is 28.1 Å². The highest BCUT2D eigenvalue weighted by atomic mass is 79.9. The Morgan fingerprint density at radius 3 is 2.88 bits per heavy atom. The number of piperazine rings is 1. The molecule has 1 aliphatic rings. The lowest BCUT2D eigenvalue weighted by Crippen LogP contribution is -2.55.